The smallest absolute Gasteiger partial charge is 0.0594 e. The minimum Gasteiger partial charge on any atom is -0.379 e. The Balaban J connectivity index is 2.17. The van der Waals surface area contributed by atoms with Gasteiger partial charge in [0.15, 0.2) is 0 Å². The first kappa shape index (κ1) is 12.9. The molecule has 1 fully saturated rings. The van der Waals surface area contributed by atoms with Crippen LogP contribution in [-0.2, 0) is 4.74 Å². The highest BCUT2D eigenvalue weighted by molar-refractivity contribution is 4.80. The molecule has 3 N–H and O–H groups in total. The van der Waals surface area contributed by atoms with Crippen molar-refractivity contribution in [3.05, 3.63) is 0 Å². The van der Waals surface area contributed by atoms with Gasteiger partial charge in [-0.1, -0.05) is 6.92 Å². The number of nitrogens with one attached hydrogen (secondary N) is 1. The number of ether oxygens (including phenoxy) is 1. The van der Waals surface area contributed by atoms with E-state index in [1.165, 1.54) is 19.4 Å². The average Bonchev–Trinajstić information content (AvgIpc) is 2.76. The second kappa shape index (κ2) is 8.05. The number of hydrogen-bond acceptors (Lipinski definition) is 4. The van der Waals surface area contributed by atoms with Crippen LogP contribution in [0.3, 0.4) is 0 Å². The van der Waals surface area contributed by atoms with Crippen molar-refractivity contribution in [1.29, 1.82) is 0 Å². The lowest BCUT2D eigenvalue weighted by atomic mass is 10.2. The summed E-state index contributed by atoms with van der Waals surface area (Å²) >= 11 is 0. The number of rotatable bonds is 8. The van der Waals surface area contributed by atoms with E-state index in [1.807, 2.05) is 0 Å². The van der Waals surface area contributed by atoms with Crippen molar-refractivity contribution in [3.8, 4) is 0 Å². The summed E-state index contributed by atoms with van der Waals surface area (Å²) in [4.78, 5) is 2.54. The lowest BCUT2D eigenvalue weighted by Gasteiger charge is -2.27. The second-order valence-electron chi connectivity index (χ2n) is 4.08. The van der Waals surface area contributed by atoms with E-state index in [1.54, 1.807) is 0 Å². The standard InChI is InChI=1S/C11H25N3O/c1-2-6-14(7-9-15-8-4-12)11-3-5-13-10-11/h11,13H,2-10,12H2,1H3. The normalized spacial score (nSPS) is 21.4. The maximum Gasteiger partial charge on any atom is 0.0594 e. The summed E-state index contributed by atoms with van der Waals surface area (Å²) < 4.78 is 5.43. The van der Waals surface area contributed by atoms with E-state index in [0.29, 0.717) is 19.2 Å². The van der Waals surface area contributed by atoms with Gasteiger partial charge in [0.25, 0.3) is 0 Å². The van der Waals surface area contributed by atoms with Gasteiger partial charge < -0.3 is 15.8 Å². The Morgan fingerprint density at radius 3 is 2.87 bits per heavy atom. The van der Waals surface area contributed by atoms with Crippen molar-refractivity contribution >= 4 is 0 Å². The minimum absolute atomic E-state index is 0.624. The van der Waals surface area contributed by atoms with Crippen molar-refractivity contribution in [2.45, 2.75) is 25.8 Å². The summed E-state index contributed by atoms with van der Waals surface area (Å²) in [6.45, 7) is 8.87. The first-order valence-corrected chi connectivity index (χ1v) is 6.11. The van der Waals surface area contributed by atoms with Crippen LogP contribution in [0.2, 0.25) is 0 Å². The molecule has 1 heterocycles. The van der Waals surface area contributed by atoms with Crippen LogP contribution in [-0.4, -0.2) is 56.9 Å². The molecule has 4 heteroatoms. The van der Waals surface area contributed by atoms with E-state index < -0.39 is 0 Å². The van der Waals surface area contributed by atoms with Gasteiger partial charge in [0.2, 0.25) is 0 Å². The number of hydrogen-bond donors (Lipinski definition) is 2. The molecule has 0 aromatic carbocycles. The third-order valence-electron chi connectivity index (χ3n) is 2.85. The molecule has 0 saturated carbocycles. The Hall–Kier alpha value is -0.160. The van der Waals surface area contributed by atoms with Crippen molar-refractivity contribution < 1.29 is 4.74 Å². The molecule has 1 unspecified atom stereocenters. The van der Waals surface area contributed by atoms with Gasteiger partial charge in [0, 0.05) is 25.7 Å². The highest BCUT2D eigenvalue weighted by atomic mass is 16.5. The van der Waals surface area contributed by atoms with Gasteiger partial charge in [-0.3, -0.25) is 4.90 Å². The molecule has 0 amide bonds. The van der Waals surface area contributed by atoms with Crippen molar-refractivity contribution in [2.75, 3.05) is 45.9 Å². The topological polar surface area (TPSA) is 50.5 Å². The fourth-order valence-corrected chi connectivity index (χ4v) is 2.08. The average molecular weight is 215 g/mol. The molecule has 1 rings (SSSR count). The predicted octanol–water partition coefficient (Wildman–Crippen LogP) is 0.0356. The summed E-state index contributed by atoms with van der Waals surface area (Å²) in [5.74, 6) is 0. The number of nitrogens with zero attached hydrogens (tertiary/aromatic N) is 1. The van der Waals surface area contributed by atoms with Crippen LogP contribution >= 0.6 is 0 Å². The zero-order valence-electron chi connectivity index (χ0n) is 9.87. The largest absolute Gasteiger partial charge is 0.379 e. The summed E-state index contributed by atoms with van der Waals surface area (Å²) in [5.41, 5.74) is 5.38. The van der Waals surface area contributed by atoms with Gasteiger partial charge in [-0.25, -0.2) is 0 Å². The minimum atomic E-state index is 0.624. The Morgan fingerprint density at radius 2 is 2.27 bits per heavy atom. The lowest BCUT2D eigenvalue weighted by Crippen LogP contribution is -2.39. The molecular weight excluding hydrogens is 190 g/mol. The monoisotopic (exact) mass is 215 g/mol. The fourth-order valence-electron chi connectivity index (χ4n) is 2.08. The Kier molecular flexibility index (Phi) is 6.92. The summed E-state index contributed by atoms with van der Waals surface area (Å²) in [6, 6.07) is 0.714. The molecule has 0 bridgehead atoms. The molecule has 1 aliphatic heterocycles. The van der Waals surface area contributed by atoms with Gasteiger partial charge >= 0.3 is 0 Å². The fraction of sp³-hybridized carbons (Fsp3) is 1.00. The third-order valence-corrected chi connectivity index (χ3v) is 2.85. The van der Waals surface area contributed by atoms with Crippen LogP contribution in [0.4, 0.5) is 0 Å². The van der Waals surface area contributed by atoms with Crippen molar-refractivity contribution in [2.24, 2.45) is 5.73 Å². The molecule has 1 aliphatic rings. The predicted molar refractivity (Wildman–Crippen MR) is 63.0 cm³/mol. The van der Waals surface area contributed by atoms with E-state index in [0.717, 1.165) is 26.2 Å². The number of nitrogens with two attached hydrogens (primary N) is 1. The van der Waals surface area contributed by atoms with Crippen molar-refractivity contribution in [3.63, 3.8) is 0 Å². The SMILES string of the molecule is CCCN(CCOCCN)C1CCNC1. The summed E-state index contributed by atoms with van der Waals surface area (Å²) in [6.07, 6.45) is 2.49. The van der Waals surface area contributed by atoms with Crippen molar-refractivity contribution in [1.82, 2.24) is 10.2 Å². The molecular formula is C11H25N3O. The van der Waals surface area contributed by atoms with E-state index in [4.69, 9.17) is 10.5 Å². The lowest BCUT2D eigenvalue weighted by molar-refractivity contribution is 0.0941. The molecule has 0 spiro atoms. The Labute approximate surface area is 93.1 Å². The van der Waals surface area contributed by atoms with Crippen LogP contribution in [0, 0.1) is 0 Å². The Bertz CT molecular complexity index is 149. The van der Waals surface area contributed by atoms with Gasteiger partial charge in [-0.15, -0.1) is 0 Å². The first-order chi connectivity index (χ1) is 7.38. The zero-order valence-corrected chi connectivity index (χ0v) is 9.87. The third kappa shape index (κ3) is 4.93. The van der Waals surface area contributed by atoms with Gasteiger partial charge in [-0.05, 0) is 25.9 Å². The van der Waals surface area contributed by atoms with E-state index >= 15 is 0 Å². The molecule has 4 nitrogen and oxygen atoms in total. The molecule has 90 valence electrons. The molecule has 0 aromatic rings. The molecule has 15 heavy (non-hydrogen) atoms. The summed E-state index contributed by atoms with van der Waals surface area (Å²) in [7, 11) is 0. The highest BCUT2D eigenvalue weighted by Crippen LogP contribution is 2.08. The van der Waals surface area contributed by atoms with E-state index in [-0.39, 0.29) is 0 Å². The van der Waals surface area contributed by atoms with Gasteiger partial charge in [0.05, 0.1) is 13.2 Å². The molecule has 0 aliphatic carbocycles. The van der Waals surface area contributed by atoms with Crippen LogP contribution in [0.5, 0.6) is 0 Å². The van der Waals surface area contributed by atoms with Crippen LogP contribution < -0.4 is 11.1 Å². The van der Waals surface area contributed by atoms with Gasteiger partial charge in [0.1, 0.15) is 0 Å². The molecule has 1 saturated heterocycles. The quantitative estimate of drug-likeness (QED) is 0.561. The van der Waals surface area contributed by atoms with Crippen LogP contribution in [0.25, 0.3) is 0 Å². The summed E-state index contributed by atoms with van der Waals surface area (Å²) in [5, 5.41) is 3.41. The van der Waals surface area contributed by atoms with E-state index in [2.05, 4.69) is 17.1 Å². The second-order valence-corrected chi connectivity index (χ2v) is 4.08. The Morgan fingerprint density at radius 1 is 1.40 bits per heavy atom. The maximum atomic E-state index is 5.43. The molecule has 0 radical (unpaired) electrons. The van der Waals surface area contributed by atoms with Crippen LogP contribution in [0.1, 0.15) is 19.8 Å². The van der Waals surface area contributed by atoms with E-state index in [9.17, 15) is 0 Å². The highest BCUT2D eigenvalue weighted by Gasteiger charge is 2.20. The van der Waals surface area contributed by atoms with Crippen LogP contribution in [0.15, 0.2) is 0 Å². The molecule has 0 aromatic heterocycles. The van der Waals surface area contributed by atoms with Gasteiger partial charge in [-0.2, -0.15) is 0 Å². The molecule has 1 atom stereocenters. The maximum absolute atomic E-state index is 5.43. The zero-order chi connectivity index (χ0) is 10.9. The first-order valence-electron chi connectivity index (χ1n) is 6.11.